The van der Waals surface area contributed by atoms with Crippen LogP contribution in [0, 0.1) is 5.92 Å². The van der Waals surface area contributed by atoms with Crippen LogP contribution in [0.25, 0.3) is 0 Å². The molecule has 1 aromatic carbocycles. The van der Waals surface area contributed by atoms with Crippen LogP contribution in [0.3, 0.4) is 0 Å². The highest BCUT2D eigenvalue weighted by Gasteiger charge is 2.26. The van der Waals surface area contributed by atoms with Crippen LogP contribution in [-0.4, -0.2) is 31.1 Å². The van der Waals surface area contributed by atoms with Gasteiger partial charge in [0.05, 0.1) is 7.11 Å². The summed E-state index contributed by atoms with van der Waals surface area (Å²) in [7, 11) is 1.70. The Balaban J connectivity index is 2.03. The lowest BCUT2D eigenvalue weighted by Crippen LogP contribution is -2.48. The number of nitrogens with zero attached hydrogens (tertiary/aromatic N) is 1. The van der Waals surface area contributed by atoms with Gasteiger partial charge in [-0.25, -0.2) is 0 Å². The fourth-order valence-electron chi connectivity index (χ4n) is 2.57. The van der Waals surface area contributed by atoms with Crippen molar-refractivity contribution in [1.29, 1.82) is 0 Å². The molecule has 3 atom stereocenters. The van der Waals surface area contributed by atoms with Gasteiger partial charge in [0.15, 0.2) is 0 Å². The third kappa shape index (κ3) is 2.85. The number of ether oxygens (including phenoxy) is 1. The molecule has 0 bridgehead atoms. The summed E-state index contributed by atoms with van der Waals surface area (Å²) in [5.41, 5.74) is 7.50. The zero-order chi connectivity index (χ0) is 13.1. The highest BCUT2D eigenvalue weighted by molar-refractivity contribution is 5.29. The van der Waals surface area contributed by atoms with E-state index in [1.54, 1.807) is 7.11 Å². The monoisotopic (exact) mass is 248 g/mol. The Kier molecular flexibility index (Phi) is 4.25. The standard InChI is InChI=1S/C15H24N2O/c1-11-8-9-17(10-15(11)16)12(2)13-4-6-14(18-3)7-5-13/h4-7,11-12,15H,8-10,16H2,1-3H3. The molecular weight excluding hydrogens is 224 g/mol. The highest BCUT2D eigenvalue weighted by Crippen LogP contribution is 2.27. The zero-order valence-electron chi connectivity index (χ0n) is 11.6. The molecule has 18 heavy (non-hydrogen) atoms. The predicted molar refractivity (Wildman–Crippen MR) is 74.7 cm³/mol. The Hall–Kier alpha value is -1.06. The van der Waals surface area contributed by atoms with Crippen molar-refractivity contribution < 1.29 is 4.74 Å². The van der Waals surface area contributed by atoms with Crippen molar-refractivity contribution in [2.75, 3.05) is 20.2 Å². The highest BCUT2D eigenvalue weighted by atomic mass is 16.5. The third-order valence-electron chi connectivity index (χ3n) is 4.19. The first-order valence-corrected chi connectivity index (χ1v) is 6.75. The topological polar surface area (TPSA) is 38.5 Å². The van der Waals surface area contributed by atoms with Gasteiger partial charge in [-0.15, -0.1) is 0 Å². The number of nitrogens with two attached hydrogens (primary N) is 1. The molecular formula is C15H24N2O. The molecule has 1 aliphatic heterocycles. The lowest BCUT2D eigenvalue weighted by Gasteiger charge is -2.38. The van der Waals surface area contributed by atoms with E-state index in [0.29, 0.717) is 18.0 Å². The van der Waals surface area contributed by atoms with Gasteiger partial charge < -0.3 is 10.5 Å². The molecule has 0 saturated carbocycles. The fraction of sp³-hybridized carbons (Fsp3) is 0.600. The van der Waals surface area contributed by atoms with Crippen molar-refractivity contribution in [1.82, 2.24) is 4.90 Å². The number of likely N-dealkylation sites (tertiary alicyclic amines) is 1. The molecule has 3 unspecified atom stereocenters. The van der Waals surface area contributed by atoms with Gasteiger partial charge >= 0.3 is 0 Å². The van der Waals surface area contributed by atoms with E-state index in [-0.39, 0.29) is 0 Å². The summed E-state index contributed by atoms with van der Waals surface area (Å²) in [6.45, 7) is 6.64. The SMILES string of the molecule is COc1ccc(C(C)N2CCC(C)C(N)C2)cc1. The van der Waals surface area contributed by atoms with Gasteiger partial charge in [0.2, 0.25) is 0 Å². The van der Waals surface area contributed by atoms with Gasteiger partial charge in [-0.1, -0.05) is 19.1 Å². The molecule has 0 aromatic heterocycles. The molecule has 0 amide bonds. The van der Waals surface area contributed by atoms with Crippen LogP contribution in [0.15, 0.2) is 24.3 Å². The molecule has 1 fully saturated rings. The average Bonchev–Trinajstić information content (AvgIpc) is 2.41. The Bertz CT molecular complexity index is 377. The minimum atomic E-state index is 0.305. The maximum absolute atomic E-state index is 6.17. The average molecular weight is 248 g/mol. The lowest BCUT2D eigenvalue weighted by molar-refractivity contribution is 0.128. The number of rotatable bonds is 3. The predicted octanol–water partition coefficient (Wildman–Crippen LogP) is 2.43. The number of methoxy groups -OCH3 is 1. The molecule has 2 rings (SSSR count). The van der Waals surface area contributed by atoms with E-state index in [9.17, 15) is 0 Å². The van der Waals surface area contributed by atoms with Crippen LogP contribution in [0.5, 0.6) is 5.75 Å². The molecule has 3 nitrogen and oxygen atoms in total. The normalized spacial score (nSPS) is 26.9. The lowest BCUT2D eigenvalue weighted by atomic mass is 9.92. The molecule has 1 heterocycles. The molecule has 1 saturated heterocycles. The maximum atomic E-state index is 6.17. The first kappa shape index (κ1) is 13.4. The molecule has 1 aliphatic rings. The van der Waals surface area contributed by atoms with Crippen molar-refractivity contribution in [3.05, 3.63) is 29.8 Å². The van der Waals surface area contributed by atoms with Crippen LogP contribution in [0.1, 0.15) is 31.9 Å². The van der Waals surface area contributed by atoms with Gasteiger partial charge in [-0.2, -0.15) is 0 Å². The van der Waals surface area contributed by atoms with E-state index >= 15 is 0 Å². The van der Waals surface area contributed by atoms with E-state index in [0.717, 1.165) is 18.8 Å². The smallest absolute Gasteiger partial charge is 0.118 e. The van der Waals surface area contributed by atoms with Crippen LogP contribution < -0.4 is 10.5 Å². The van der Waals surface area contributed by atoms with Gasteiger partial charge in [0, 0.05) is 18.6 Å². The number of hydrogen-bond donors (Lipinski definition) is 1. The van der Waals surface area contributed by atoms with Crippen molar-refractivity contribution >= 4 is 0 Å². The third-order valence-corrected chi connectivity index (χ3v) is 4.19. The van der Waals surface area contributed by atoms with Crippen molar-refractivity contribution in [3.63, 3.8) is 0 Å². The molecule has 100 valence electrons. The van der Waals surface area contributed by atoms with E-state index in [4.69, 9.17) is 10.5 Å². The van der Waals surface area contributed by atoms with Crippen LogP contribution in [-0.2, 0) is 0 Å². The minimum Gasteiger partial charge on any atom is -0.497 e. The van der Waals surface area contributed by atoms with Crippen molar-refractivity contribution in [2.24, 2.45) is 11.7 Å². The second-order valence-electron chi connectivity index (χ2n) is 5.37. The molecule has 2 N–H and O–H groups in total. The second-order valence-corrected chi connectivity index (χ2v) is 5.37. The summed E-state index contributed by atoms with van der Waals surface area (Å²) in [5.74, 6) is 1.55. The van der Waals surface area contributed by atoms with Gasteiger partial charge in [-0.05, 0) is 43.5 Å². The van der Waals surface area contributed by atoms with Gasteiger partial charge in [-0.3, -0.25) is 4.90 Å². The Labute approximate surface area is 110 Å². The van der Waals surface area contributed by atoms with Crippen molar-refractivity contribution in [3.8, 4) is 5.75 Å². The van der Waals surface area contributed by atoms with Gasteiger partial charge in [0.25, 0.3) is 0 Å². The Morgan fingerprint density at radius 3 is 2.56 bits per heavy atom. The van der Waals surface area contributed by atoms with Crippen LogP contribution >= 0.6 is 0 Å². The first-order chi connectivity index (χ1) is 8.61. The maximum Gasteiger partial charge on any atom is 0.118 e. The fourth-order valence-corrected chi connectivity index (χ4v) is 2.57. The van der Waals surface area contributed by atoms with E-state index in [1.807, 2.05) is 12.1 Å². The summed E-state index contributed by atoms with van der Waals surface area (Å²) < 4.78 is 5.19. The quantitative estimate of drug-likeness (QED) is 0.893. The molecule has 0 spiro atoms. The van der Waals surface area contributed by atoms with Crippen LogP contribution in [0.4, 0.5) is 0 Å². The summed E-state index contributed by atoms with van der Waals surface area (Å²) in [4.78, 5) is 2.48. The summed E-state index contributed by atoms with van der Waals surface area (Å²) in [5, 5.41) is 0. The zero-order valence-corrected chi connectivity index (χ0v) is 11.6. The van der Waals surface area contributed by atoms with Crippen molar-refractivity contribution in [2.45, 2.75) is 32.4 Å². The van der Waals surface area contributed by atoms with E-state index in [2.05, 4.69) is 30.9 Å². The summed E-state index contributed by atoms with van der Waals surface area (Å²) in [6.07, 6.45) is 1.20. The Morgan fingerprint density at radius 1 is 1.33 bits per heavy atom. The first-order valence-electron chi connectivity index (χ1n) is 6.75. The molecule has 1 aromatic rings. The Morgan fingerprint density at radius 2 is 2.00 bits per heavy atom. The second kappa shape index (κ2) is 5.72. The molecule has 0 aliphatic carbocycles. The number of hydrogen-bond acceptors (Lipinski definition) is 3. The molecule has 3 heteroatoms. The minimum absolute atomic E-state index is 0.305. The summed E-state index contributed by atoms with van der Waals surface area (Å²) >= 11 is 0. The number of piperidine rings is 1. The van der Waals surface area contributed by atoms with Gasteiger partial charge in [0.1, 0.15) is 5.75 Å². The van der Waals surface area contributed by atoms with E-state index in [1.165, 1.54) is 12.0 Å². The largest absolute Gasteiger partial charge is 0.497 e. The summed E-state index contributed by atoms with van der Waals surface area (Å²) in [6, 6.07) is 9.07. The number of benzene rings is 1. The van der Waals surface area contributed by atoms with Crippen LogP contribution in [0.2, 0.25) is 0 Å². The molecule has 0 radical (unpaired) electrons. The van der Waals surface area contributed by atoms with E-state index < -0.39 is 0 Å².